The van der Waals surface area contributed by atoms with Crippen LogP contribution in [0.3, 0.4) is 0 Å². The van der Waals surface area contributed by atoms with Gasteiger partial charge < -0.3 is 9.64 Å². The van der Waals surface area contributed by atoms with Gasteiger partial charge in [0, 0.05) is 26.2 Å². The third-order valence-corrected chi connectivity index (χ3v) is 3.01. The Hall–Kier alpha value is -1.96. The monoisotopic (exact) mass is 241 g/mol. The third-order valence-electron chi connectivity index (χ3n) is 3.01. The minimum atomic E-state index is 0.895. The van der Waals surface area contributed by atoms with Crippen LogP contribution in [0, 0.1) is 0 Å². The fourth-order valence-corrected chi connectivity index (χ4v) is 2.01. The summed E-state index contributed by atoms with van der Waals surface area (Å²) in [5.41, 5.74) is 3.74. The van der Waals surface area contributed by atoms with Gasteiger partial charge in [0.15, 0.2) is 0 Å². The first-order valence-electron chi connectivity index (χ1n) is 6.09. The number of hydrogen-bond donors (Lipinski definition) is 0. The van der Waals surface area contributed by atoms with Crippen LogP contribution in [0.2, 0.25) is 0 Å². The molecule has 0 aliphatic rings. The standard InChI is InChI=1S/C16H19NO/c1-17(2)15-9-6-7-13(12-15)11-14-8-4-5-10-16(14)18-3/h4-10,12H,11H2,1-3H3. The fourth-order valence-electron chi connectivity index (χ4n) is 2.01. The second kappa shape index (κ2) is 5.58. The van der Waals surface area contributed by atoms with Crippen LogP contribution in [0.15, 0.2) is 48.5 Å². The minimum absolute atomic E-state index is 0.895. The maximum Gasteiger partial charge on any atom is 0.122 e. The first kappa shape index (κ1) is 12.5. The van der Waals surface area contributed by atoms with Gasteiger partial charge >= 0.3 is 0 Å². The van der Waals surface area contributed by atoms with E-state index >= 15 is 0 Å². The summed E-state index contributed by atoms with van der Waals surface area (Å²) in [5, 5.41) is 0. The minimum Gasteiger partial charge on any atom is -0.496 e. The Kier molecular flexibility index (Phi) is 3.88. The molecule has 0 aliphatic heterocycles. The Bertz CT molecular complexity index is 520. The molecule has 2 nitrogen and oxygen atoms in total. The van der Waals surface area contributed by atoms with E-state index in [1.54, 1.807) is 7.11 Å². The van der Waals surface area contributed by atoms with Crippen molar-refractivity contribution in [3.05, 3.63) is 59.7 Å². The van der Waals surface area contributed by atoms with E-state index in [-0.39, 0.29) is 0 Å². The van der Waals surface area contributed by atoms with Crippen molar-refractivity contribution in [3.8, 4) is 5.75 Å². The molecule has 0 fully saturated rings. The number of methoxy groups -OCH3 is 1. The first-order chi connectivity index (χ1) is 8.70. The van der Waals surface area contributed by atoms with Crippen LogP contribution in [0.5, 0.6) is 5.75 Å². The highest BCUT2D eigenvalue weighted by molar-refractivity contribution is 5.49. The van der Waals surface area contributed by atoms with Crippen LogP contribution in [-0.2, 0) is 6.42 Å². The molecule has 2 aromatic carbocycles. The largest absolute Gasteiger partial charge is 0.496 e. The predicted octanol–water partition coefficient (Wildman–Crippen LogP) is 3.35. The average Bonchev–Trinajstić information content (AvgIpc) is 2.39. The van der Waals surface area contributed by atoms with Crippen molar-refractivity contribution in [3.63, 3.8) is 0 Å². The molecule has 0 aromatic heterocycles. The van der Waals surface area contributed by atoms with E-state index in [2.05, 4.69) is 49.3 Å². The van der Waals surface area contributed by atoms with Crippen molar-refractivity contribution in [2.45, 2.75) is 6.42 Å². The van der Waals surface area contributed by atoms with E-state index in [0.29, 0.717) is 0 Å². The molecule has 0 spiro atoms. The summed E-state index contributed by atoms with van der Waals surface area (Å²) in [6.07, 6.45) is 0.895. The zero-order valence-electron chi connectivity index (χ0n) is 11.2. The van der Waals surface area contributed by atoms with Crippen LogP contribution in [0.1, 0.15) is 11.1 Å². The highest BCUT2D eigenvalue weighted by Crippen LogP contribution is 2.22. The lowest BCUT2D eigenvalue weighted by atomic mass is 10.0. The molecular formula is C16H19NO. The van der Waals surface area contributed by atoms with Gasteiger partial charge in [-0.1, -0.05) is 30.3 Å². The highest BCUT2D eigenvalue weighted by atomic mass is 16.5. The van der Waals surface area contributed by atoms with E-state index in [4.69, 9.17) is 4.74 Å². The molecule has 0 heterocycles. The molecule has 0 aliphatic carbocycles. The number of nitrogens with zero attached hydrogens (tertiary/aromatic N) is 1. The van der Waals surface area contributed by atoms with Crippen molar-refractivity contribution >= 4 is 5.69 Å². The Morgan fingerprint density at radius 3 is 2.50 bits per heavy atom. The quantitative estimate of drug-likeness (QED) is 0.814. The van der Waals surface area contributed by atoms with Crippen molar-refractivity contribution in [2.75, 3.05) is 26.1 Å². The normalized spacial score (nSPS) is 10.2. The molecule has 94 valence electrons. The Balaban J connectivity index is 2.25. The first-order valence-corrected chi connectivity index (χ1v) is 6.09. The van der Waals surface area contributed by atoms with Crippen LogP contribution in [0.4, 0.5) is 5.69 Å². The summed E-state index contributed by atoms with van der Waals surface area (Å²) < 4.78 is 5.38. The van der Waals surface area contributed by atoms with E-state index in [1.165, 1.54) is 16.8 Å². The van der Waals surface area contributed by atoms with Gasteiger partial charge in [-0.25, -0.2) is 0 Å². The number of benzene rings is 2. The van der Waals surface area contributed by atoms with Crippen LogP contribution in [0.25, 0.3) is 0 Å². The van der Waals surface area contributed by atoms with Gasteiger partial charge in [0.05, 0.1) is 7.11 Å². The molecule has 18 heavy (non-hydrogen) atoms. The highest BCUT2D eigenvalue weighted by Gasteiger charge is 2.04. The van der Waals surface area contributed by atoms with Gasteiger partial charge in [-0.2, -0.15) is 0 Å². The zero-order chi connectivity index (χ0) is 13.0. The van der Waals surface area contributed by atoms with E-state index in [9.17, 15) is 0 Å². The van der Waals surface area contributed by atoms with E-state index in [0.717, 1.165) is 12.2 Å². The molecule has 0 radical (unpaired) electrons. The van der Waals surface area contributed by atoms with E-state index in [1.807, 2.05) is 18.2 Å². The lowest BCUT2D eigenvalue weighted by Gasteiger charge is -2.14. The average molecular weight is 241 g/mol. The summed E-state index contributed by atoms with van der Waals surface area (Å²) in [6.45, 7) is 0. The lowest BCUT2D eigenvalue weighted by molar-refractivity contribution is 0.410. The Morgan fingerprint density at radius 2 is 1.78 bits per heavy atom. The van der Waals surface area contributed by atoms with Gasteiger partial charge in [0.25, 0.3) is 0 Å². The second-order valence-electron chi connectivity index (χ2n) is 4.55. The van der Waals surface area contributed by atoms with Crippen LogP contribution >= 0.6 is 0 Å². The van der Waals surface area contributed by atoms with Gasteiger partial charge in [-0.05, 0) is 29.3 Å². The van der Waals surface area contributed by atoms with Crippen LogP contribution < -0.4 is 9.64 Å². The summed E-state index contributed by atoms with van der Waals surface area (Å²) in [6, 6.07) is 16.7. The molecule has 0 bridgehead atoms. The Labute approximate surface area is 109 Å². The smallest absolute Gasteiger partial charge is 0.122 e. The molecule has 2 aromatic rings. The van der Waals surface area contributed by atoms with Crippen LogP contribution in [-0.4, -0.2) is 21.2 Å². The molecule has 0 amide bonds. The maximum atomic E-state index is 5.38. The maximum absolute atomic E-state index is 5.38. The summed E-state index contributed by atoms with van der Waals surface area (Å²) in [5.74, 6) is 0.952. The summed E-state index contributed by atoms with van der Waals surface area (Å²) >= 11 is 0. The number of rotatable bonds is 4. The fraction of sp³-hybridized carbons (Fsp3) is 0.250. The van der Waals surface area contributed by atoms with E-state index < -0.39 is 0 Å². The van der Waals surface area contributed by atoms with Gasteiger partial charge in [0.2, 0.25) is 0 Å². The molecule has 0 unspecified atom stereocenters. The van der Waals surface area contributed by atoms with Crippen molar-refractivity contribution < 1.29 is 4.74 Å². The van der Waals surface area contributed by atoms with Crippen molar-refractivity contribution in [2.24, 2.45) is 0 Å². The summed E-state index contributed by atoms with van der Waals surface area (Å²) in [7, 11) is 5.83. The molecule has 0 N–H and O–H groups in total. The molecule has 0 saturated heterocycles. The van der Waals surface area contributed by atoms with Gasteiger partial charge in [-0.3, -0.25) is 0 Å². The SMILES string of the molecule is COc1ccccc1Cc1cccc(N(C)C)c1. The number of para-hydroxylation sites is 1. The molecule has 0 atom stereocenters. The zero-order valence-corrected chi connectivity index (χ0v) is 11.2. The summed E-state index contributed by atoms with van der Waals surface area (Å²) in [4.78, 5) is 2.12. The topological polar surface area (TPSA) is 12.5 Å². The van der Waals surface area contributed by atoms with Gasteiger partial charge in [0.1, 0.15) is 5.75 Å². The van der Waals surface area contributed by atoms with Gasteiger partial charge in [-0.15, -0.1) is 0 Å². The third kappa shape index (κ3) is 2.83. The number of anilines is 1. The number of hydrogen-bond acceptors (Lipinski definition) is 2. The number of ether oxygens (including phenoxy) is 1. The molecular weight excluding hydrogens is 222 g/mol. The lowest BCUT2D eigenvalue weighted by Crippen LogP contribution is -2.08. The second-order valence-corrected chi connectivity index (χ2v) is 4.55. The Morgan fingerprint density at radius 1 is 1.00 bits per heavy atom. The van der Waals surface area contributed by atoms with Crippen molar-refractivity contribution in [1.29, 1.82) is 0 Å². The molecule has 2 heteroatoms. The molecule has 0 saturated carbocycles. The predicted molar refractivity (Wildman–Crippen MR) is 76.6 cm³/mol. The molecule has 2 rings (SSSR count). The van der Waals surface area contributed by atoms with Crippen molar-refractivity contribution in [1.82, 2.24) is 0 Å².